The van der Waals surface area contributed by atoms with Crippen LogP contribution < -0.4 is 4.90 Å². The summed E-state index contributed by atoms with van der Waals surface area (Å²) in [6, 6.07) is 103. The summed E-state index contributed by atoms with van der Waals surface area (Å²) in [5, 5.41) is 2.46. The zero-order valence-corrected chi connectivity index (χ0v) is 38.0. The number of nitrogens with zero attached hydrogens (tertiary/aromatic N) is 2. The van der Waals surface area contributed by atoms with E-state index in [4.69, 9.17) is 0 Å². The molecule has 0 N–H and O–H groups in total. The molecule has 1 heterocycles. The molecule has 1 aliphatic rings. The van der Waals surface area contributed by atoms with Gasteiger partial charge in [0.05, 0.1) is 16.4 Å². The van der Waals surface area contributed by atoms with Crippen LogP contribution in [0.3, 0.4) is 0 Å². The summed E-state index contributed by atoms with van der Waals surface area (Å²) in [5.41, 5.74) is 20.7. The largest absolute Gasteiger partial charge is 0.310 e. The maximum absolute atomic E-state index is 2.48. The van der Waals surface area contributed by atoms with Crippen molar-refractivity contribution >= 4 is 38.9 Å². The van der Waals surface area contributed by atoms with Gasteiger partial charge in [-0.15, -0.1) is 0 Å². The van der Waals surface area contributed by atoms with Crippen molar-refractivity contribution in [1.82, 2.24) is 4.57 Å². The molecule has 0 spiro atoms. The Kier molecular flexibility index (Phi) is 9.77. The molecule has 11 aromatic carbocycles. The summed E-state index contributed by atoms with van der Waals surface area (Å²) >= 11 is 0. The lowest BCUT2D eigenvalue weighted by Gasteiger charge is -2.35. The number of hydrogen-bond donors (Lipinski definition) is 0. The molecule has 0 amide bonds. The molecule has 69 heavy (non-hydrogen) atoms. The Hall–Kier alpha value is -8.98. The second-order valence-electron chi connectivity index (χ2n) is 18.1. The van der Waals surface area contributed by atoms with Crippen LogP contribution in [-0.4, -0.2) is 4.57 Å². The summed E-state index contributed by atoms with van der Waals surface area (Å²) in [7, 11) is 0. The van der Waals surface area contributed by atoms with Gasteiger partial charge in [0.15, 0.2) is 0 Å². The van der Waals surface area contributed by atoms with Crippen LogP contribution >= 0.6 is 0 Å². The first kappa shape index (κ1) is 40.3. The lowest BCUT2D eigenvalue weighted by atomic mass is 9.67. The zero-order valence-electron chi connectivity index (χ0n) is 38.0. The zero-order chi connectivity index (χ0) is 45.7. The molecule has 0 saturated carbocycles. The van der Waals surface area contributed by atoms with E-state index in [9.17, 15) is 0 Å². The van der Waals surface area contributed by atoms with Gasteiger partial charge < -0.3 is 9.47 Å². The summed E-state index contributed by atoms with van der Waals surface area (Å²) in [4.78, 5) is 2.48. The Balaban J connectivity index is 1.07. The maximum atomic E-state index is 2.48. The van der Waals surface area contributed by atoms with Gasteiger partial charge in [-0.1, -0.05) is 206 Å². The number of hydrogen-bond acceptors (Lipinski definition) is 1. The van der Waals surface area contributed by atoms with E-state index >= 15 is 0 Å². The second kappa shape index (κ2) is 16.7. The summed E-state index contributed by atoms with van der Waals surface area (Å²) < 4.78 is 2.39. The van der Waals surface area contributed by atoms with E-state index in [-0.39, 0.29) is 0 Å². The molecule has 0 fully saturated rings. The van der Waals surface area contributed by atoms with Gasteiger partial charge in [-0.25, -0.2) is 0 Å². The van der Waals surface area contributed by atoms with E-state index in [0.29, 0.717) is 0 Å². The third-order valence-corrected chi connectivity index (χ3v) is 14.2. The van der Waals surface area contributed by atoms with Gasteiger partial charge in [0, 0.05) is 33.5 Å². The van der Waals surface area contributed by atoms with Crippen molar-refractivity contribution in [2.45, 2.75) is 5.41 Å². The molecule has 0 atom stereocenters. The molecule has 0 unspecified atom stereocenters. The standard InChI is InChI=1S/C67H46N2/c1-6-21-47(22-7-1)49-25-20-32-56(42-49)68(57-38-39-60-59-33-16-18-35-63(59)67(64(60)46-57,53-26-10-3-11-27-53)54-28-12-4-13-29-54)58-43-51(48-23-8-2-9-24-48)41-52(44-58)50-37-40-66-62(45-50)61-34-17-19-36-65(61)69(66)55-30-14-5-15-31-55/h1-46H. The smallest absolute Gasteiger partial charge is 0.0714 e. The Morgan fingerprint density at radius 2 is 0.783 bits per heavy atom. The highest BCUT2D eigenvalue weighted by Gasteiger charge is 2.46. The fraction of sp³-hybridized carbons (Fsp3) is 0.0149. The van der Waals surface area contributed by atoms with Crippen LogP contribution in [-0.2, 0) is 5.41 Å². The first-order valence-electron chi connectivity index (χ1n) is 23.8. The predicted molar refractivity (Wildman–Crippen MR) is 289 cm³/mol. The highest BCUT2D eigenvalue weighted by atomic mass is 15.1. The fourth-order valence-corrected chi connectivity index (χ4v) is 11.2. The molecule has 0 aliphatic heterocycles. The average molecular weight is 879 g/mol. The quantitative estimate of drug-likeness (QED) is 0.140. The number of aromatic nitrogens is 1. The fourth-order valence-electron chi connectivity index (χ4n) is 11.2. The molecular formula is C67H46N2. The van der Waals surface area contributed by atoms with E-state index in [2.05, 4.69) is 289 Å². The van der Waals surface area contributed by atoms with Crippen molar-refractivity contribution in [3.8, 4) is 50.2 Å². The first-order valence-corrected chi connectivity index (χ1v) is 23.8. The Morgan fingerprint density at radius 1 is 0.275 bits per heavy atom. The van der Waals surface area contributed by atoms with Crippen molar-refractivity contribution in [3.63, 3.8) is 0 Å². The van der Waals surface area contributed by atoms with Crippen LogP contribution in [0.4, 0.5) is 17.1 Å². The molecule has 2 heteroatoms. The monoisotopic (exact) mass is 878 g/mol. The second-order valence-corrected chi connectivity index (χ2v) is 18.1. The summed E-state index contributed by atoms with van der Waals surface area (Å²) in [5.74, 6) is 0. The molecule has 0 radical (unpaired) electrons. The van der Waals surface area contributed by atoms with Crippen LogP contribution in [0.25, 0.3) is 72.0 Å². The average Bonchev–Trinajstić information content (AvgIpc) is 3.92. The summed E-state index contributed by atoms with van der Waals surface area (Å²) in [6.07, 6.45) is 0. The SMILES string of the molecule is c1ccc(-c2cccc(N(c3cc(-c4ccccc4)cc(-c4ccc5c(c4)c4ccccc4n5-c4ccccc4)c3)c3ccc4c(c3)C(c3ccccc3)(c3ccccc3)c3ccccc3-4)c2)cc1. The number of anilines is 3. The van der Waals surface area contributed by atoms with Crippen LogP contribution in [0, 0.1) is 0 Å². The maximum Gasteiger partial charge on any atom is 0.0714 e. The van der Waals surface area contributed by atoms with Crippen LogP contribution in [0.5, 0.6) is 0 Å². The van der Waals surface area contributed by atoms with Gasteiger partial charge in [0.2, 0.25) is 0 Å². The van der Waals surface area contributed by atoms with Crippen LogP contribution in [0.1, 0.15) is 22.3 Å². The number of benzene rings is 11. The van der Waals surface area contributed by atoms with E-state index in [1.165, 1.54) is 60.8 Å². The molecule has 1 aromatic heterocycles. The van der Waals surface area contributed by atoms with Gasteiger partial charge >= 0.3 is 0 Å². The minimum Gasteiger partial charge on any atom is -0.310 e. The molecule has 0 bridgehead atoms. The summed E-state index contributed by atoms with van der Waals surface area (Å²) in [6.45, 7) is 0. The van der Waals surface area contributed by atoms with Crippen LogP contribution in [0.2, 0.25) is 0 Å². The predicted octanol–water partition coefficient (Wildman–Crippen LogP) is 17.6. The lowest BCUT2D eigenvalue weighted by molar-refractivity contribution is 0.768. The number of para-hydroxylation sites is 2. The van der Waals surface area contributed by atoms with E-state index in [1.54, 1.807) is 0 Å². The van der Waals surface area contributed by atoms with Crippen LogP contribution in [0.15, 0.2) is 279 Å². The van der Waals surface area contributed by atoms with Crippen molar-refractivity contribution < 1.29 is 0 Å². The van der Waals surface area contributed by atoms with Crippen molar-refractivity contribution in [3.05, 3.63) is 301 Å². The van der Waals surface area contributed by atoms with E-state index in [0.717, 1.165) is 50.6 Å². The third-order valence-electron chi connectivity index (χ3n) is 14.2. The van der Waals surface area contributed by atoms with Gasteiger partial charge in [-0.3, -0.25) is 0 Å². The van der Waals surface area contributed by atoms with Gasteiger partial charge in [0.1, 0.15) is 0 Å². The van der Waals surface area contributed by atoms with Crippen molar-refractivity contribution in [2.24, 2.45) is 0 Å². The minimum atomic E-state index is -0.548. The topological polar surface area (TPSA) is 8.17 Å². The minimum absolute atomic E-state index is 0.548. The molecule has 324 valence electrons. The van der Waals surface area contributed by atoms with E-state index < -0.39 is 5.41 Å². The Labute approximate surface area is 403 Å². The number of fused-ring (bicyclic) bond motifs is 6. The molecule has 2 nitrogen and oxygen atoms in total. The molecule has 0 saturated heterocycles. The van der Waals surface area contributed by atoms with Crippen molar-refractivity contribution in [1.29, 1.82) is 0 Å². The number of rotatable bonds is 9. The third kappa shape index (κ3) is 6.72. The molecule has 13 rings (SSSR count). The highest BCUT2D eigenvalue weighted by molar-refractivity contribution is 6.10. The van der Waals surface area contributed by atoms with Crippen molar-refractivity contribution in [2.75, 3.05) is 4.90 Å². The van der Waals surface area contributed by atoms with Gasteiger partial charge in [-0.05, 0) is 140 Å². The first-order chi connectivity index (χ1) is 34.2. The molecule has 1 aliphatic carbocycles. The highest BCUT2D eigenvalue weighted by Crippen LogP contribution is 2.57. The van der Waals surface area contributed by atoms with Gasteiger partial charge in [0.25, 0.3) is 0 Å². The Morgan fingerprint density at radius 3 is 1.49 bits per heavy atom. The molecule has 12 aromatic rings. The Bertz CT molecular complexity index is 3780. The molecular weight excluding hydrogens is 833 g/mol. The lowest BCUT2D eigenvalue weighted by Crippen LogP contribution is -2.28. The van der Waals surface area contributed by atoms with E-state index in [1.807, 2.05) is 0 Å². The normalized spacial score (nSPS) is 12.5. The van der Waals surface area contributed by atoms with Gasteiger partial charge in [-0.2, -0.15) is 0 Å².